The number of aromatic nitrogens is 3. The van der Waals surface area contributed by atoms with Gasteiger partial charge in [0, 0.05) is 27.1 Å². The van der Waals surface area contributed by atoms with Crippen molar-refractivity contribution in [1.29, 1.82) is 0 Å². The molecule has 2 heterocycles. The van der Waals surface area contributed by atoms with Gasteiger partial charge in [0.1, 0.15) is 11.6 Å². The van der Waals surface area contributed by atoms with Crippen molar-refractivity contribution in [2.45, 2.75) is 6.92 Å². The van der Waals surface area contributed by atoms with Crippen molar-refractivity contribution in [1.82, 2.24) is 14.8 Å². The Labute approximate surface area is 187 Å². The predicted molar refractivity (Wildman–Crippen MR) is 120 cm³/mol. The standard InChI is InChI=1S/C21H16Cl2N4O2S/c1-12-9-19(25-20(28)16-10-15(23)7-8-18(16)29-2)27(26-12)21-24-17(11-30-21)13-3-5-14(22)6-4-13/h3-11H,1-2H3,(H,25,28). The minimum Gasteiger partial charge on any atom is -0.496 e. The second kappa shape index (κ2) is 8.47. The van der Waals surface area contributed by atoms with Crippen molar-refractivity contribution in [3.05, 3.63) is 75.2 Å². The van der Waals surface area contributed by atoms with Gasteiger partial charge in [0.05, 0.1) is 24.1 Å². The monoisotopic (exact) mass is 458 g/mol. The summed E-state index contributed by atoms with van der Waals surface area (Å²) in [5.41, 5.74) is 2.82. The summed E-state index contributed by atoms with van der Waals surface area (Å²) in [4.78, 5) is 17.5. The molecule has 0 aliphatic rings. The fraction of sp³-hybridized carbons (Fsp3) is 0.0952. The molecule has 0 atom stereocenters. The number of nitrogens with one attached hydrogen (secondary N) is 1. The van der Waals surface area contributed by atoms with Gasteiger partial charge in [0.15, 0.2) is 0 Å². The summed E-state index contributed by atoms with van der Waals surface area (Å²) in [6.07, 6.45) is 0. The van der Waals surface area contributed by atoms with Crippen molar-refractivity contribution < 1.29 is 9.53 Å². The molecular formula is C21H16Cl2N4O2S. The Morgan fingerprint density at radius 1 is 1.10 bits per heavy atom. The highest BCUT2D eigenvalue weighted by Gasteiger charge is 2.18. The number of halogens is 2. The lowest BCUT2D eigenvalue weighted by atomic mass is 10.2. The van der Waals surface area contributed by atoms with E-state index in [0.29, 0.717) is 32.3 Å². The molecule has 2 aromatic carbocycles. The largest absolute Gasteiger partial charge is 0.496 e. The molecule has 152 valence electrons. The average molecular weight is 459 g/mol. The van der Waals surface area contributed by atoms with Crippen molar-refractivity contribution >= 4 is 46.3 Å². The van der Waals surface area contributed by atoms with Gasteiger partial charge in [-0.05, 0) is 37.3 Å². The molecule has 4 rings (SSSR count). The van der Waals surface area contributed by atoms with Gasteiger partial charge in [-0.2, -0.15) is 9.78 Å². The molecule has 0 saturated carbocycles. The lowest BCUT2D eigenvalue weighted by molar-refractivity contribution is 0.102. The van der Waals surface area contributed by atoms with Crippen LogP contribution in [0.15, 0.2) is 53.9 Å². The minimum absolute atomic E-state index is 0.330. The highest BCUT2D eigenvalue weighted by molar-refractivity contribution is 7.12. The number of nitrogens with zero attached hydrogens (tertiary/aromatic N) is 3. The Morgan fingerprint density at radius 3 is 2.57 bits per heavy atom. The Kier molecular flexibility index (Phi) is 5.76. The first-order chi connectivity index (χ1) is 14.4. The number of aryl methyl sites for hydroxylation is 1. The Morgan fingerprint density at radius 2 is 1.83 bits per heavy atom. The number of thiazole rings is 1. The summed E-state index contributed by atoms with van der Waals surface area (Å²) >= 11 is 13.4. The Bertz CT molecular complexity index is 1220. The summed E-state index contributed by atoms with van der Waals surface area (Å²) in [6.45, 7) is 1.85. The maximum absolute atomic E-state index is 12.9. The van der Waals surface area contributed by atoms with Crippen molar-refractivity contribution in [2.75, 3.05) is 12.4 Å². The first-order valence-corrected chi connectivity index (χ1v) is 10.5. The number of benzene rings is 2. The van der Waals surface area contributed by atoms with E-state index < -0.39 is 0 Å². The fourth-order valence-corrected chi connectivity index (χ4v) is 3.98. The van der Waals surface area contributed by atoms with Gasteiger partial charge in [-0.15, -0.1) is 11.3 Å². The number of carbonyl (C=O) groups excluding carboxylic acids is 1. The molecule has 4 aromatic rings. The van der Waals surface area contributed by atoms with Gasteiger partial charge in [-0.3, -0.25) is 4.79 Å². The van der Waals surface area contributed by atoms with Crippen molar-refractivity contribution in [3.8, 4) is 22.1 Å². The molecule has 0 spiro atoms. The number of hydrogen-bond donors (Lipinski definition) is 1. The molecule has 9 heteroatoms. The van der Waals surface area contributed by atoms with E-state index >= 15 is 0 Å². The molecule has 1 N–H and O–H groups in total. The maximum Gasteiger partial charge on any atom is 0.260 e. The number of ether oxygens (including phenoxy) is 1. The molecule has 6 nitrogen and oxygen atoms in total. The van der Waals surface area contributed by atoms with Gasteiger partial charge in [-0.25, -0.2) is 4.98 Å². The molecule has 0 fully saturated rings. The maximum atomic E-state index is 12.9. The van der Waals surface area contributed by atoms with Crippen LogP contribution in [-0.4, -0.2) is 27.8 Å². The third-order valence-electron chi connectivity index (χ3n) is 4.29. The predicted octanol–water partition coefficient (Wildman–Crippen LogP) is 5.87. The van der Waals surface area contributed by atoms with Crippen LogP contribution in [-0.2, 0) is 0 Å². The smallest absolute Gasteiger partial charge is 0.260 e. The van der Waals surface area contributed by atoms with Crippen LogP contribution < -0.4 is 10.1 Å². The van der Waals surface area contributed by atoms with Crippen LogP contribution in [0.5, 0.6) is 5.75 Å². The van der Waals surface area contributed by atoms with Crippen LogP contribution in [0, 0.1) is 6.92 Å². The second-order valence-electron chi connectivity index (χ2n) is 6.40. The fourth-order valence-electron chi connectivity index (χ4n) is 2.89. The number of amides is 1. The zero-order valence-corrected chi connectivity index (χ0v) is 18.3. The topological polar surface area (TPSA) is 69.0 Å². The first kappa shape index (κ1) is 20.4. The molecular weight excluding hydrogens is 443 g/mol. The lowest BCUT2D eigenvalue weighted by Crippen LogP contribution is -2.16. The molecule has 0 saturated heterocycles. The van der Waals surface area contributed by atoms with Gasteiger partial charge in [-0.1, -0.05) is 35.3 Å². The van der Waals surface area contributed by atoms with Crippen molar-refractivity contribution in [2.24, 2.45) is 0 Å². The van der Waals surface area contributed by atoms with Crippen LogP contribution in [0.3, 0.4) is 0 Å². The quantitative estimate of drug-likeness (QED) is 0.405. The number of carbonyl (C=O) groups is 1. The SMILES string of the molecule is COc1ccc(Cl)cc1C(=O)Nc1cc(C)nn1-c1nc(-c2ccc(Cl)cc2)cs1. The van der Waals surface area contributed by atoms with E-state index in [1.54, 1.807) is 28.9 Å². The van der Waals surface area contributed by atoms with Gasteiger partial charge in [0.2, 0.25) is 5.13 Å². The van der Waals surface area contributed by atoms with Crippen LogP contribution >= 0.6 is 34.5 Å². The van der Waals surface area contributed by atoms with E-state index in [9.17, 15) is 4.79 Å². The molecule has 0 aliphatic carbocycles. The van der Waals surface area contributed by atoms with E-state index in [2.05, 4.69) is 15.4 Å². The summed E-state index contributed by atoms with van der Waals surface area (Å²) in [5, 5.41) is 11.0. The normalized spacial score (nSPS) is 10.8. The van der Waals surface area contributed by atoms with E-state index in [4.69, 9.17) is 27.9 Å². The molecule has 0 aliphatic heterocycles. The third kappa shape index (κ3) is 4.18. The van der Waals surface area contributed by atoms with Crippen LogP contribution in [0.2, 0.25) is 10.0 Å². The molecule has 2 aromatic heterocycles. The second-order valence-corrected chi connectivity index (χ2v) is 8.11. The van der Waals surface area contributed by atoms with E-state index in [-0.39, 0.29) is 5.91 Å². The molecule has 0 bridgehead atoms. The Hall–Kier alpha value is -2.87. The summed E-state index contributed by atoms with van der Waals surface area (Å²) in [5.74, 6) is 0.570. The summed E-state index contributed by atoms with van der Waals surface area (Å²) < 4.78 is 6.88. The van der Waals surface area contributed by atoms with Gasteiger partial charge < -0.3 is 10.1 Å². The van der Waals surface area contributed by atoms with Gasteiger partial charge >= 0.3 is 0 Å². The number of anilines is 1. The first-order valence-electron chi connectivity index (χ1n) is 8.88. The van der Waals surface area contributed by atoms with Crippen LogP contribution in [0.1, 0.15) is 16.1 Å². The zero-order chi connectivity index (χ0) is 21.3. The highest BCUT2D eigenvalue weighted by atomic mass is 35.5. The number of hydrogen-bond acceptors (Lipinski definition) is 5. The minimum atomic E-state index is -0.356. The average Bonchev–Trinajstić information content (AvgIpc) is 3.35. The Balaban J connectivity index is 1.65. The van der Waals surface area contributed by atoms with E-state index in [0.717, 1.165) is 17.0 Å². The third-order valence-corrected chi connectivity index (χ3v) is 5.60. The summed E-state index contributed by atoms with van der Waals surface area (Å²) in [7, 11) is 1.50. The van der Waals surface area contributed by atoms with Crippen LogP contribution in [0.4, 0.5) is 5.82 Å². The van der Waals surface area contributed by atoms with Gasteiger partial charge in [0.25, 0.3) is 5.91 Å². The van der Waals surface area contributed by atoms with Crippen LogP contribution in [0.25, 0.3) is 16.4 Å². The summed E-state index contributed by atoms with van der Waals surface area (Å²) in [6, 6.07) is 14.1. The van der Waals surface area contributed by atoms with E-state index in [1.165, 1.54) is 18.4 Å². The van der Waals surface area contributed by atoms with E-state index in [1.807, 2.05) is 36.6 Å². The highest BCUT2D eigenvalue weighted by Crippen LogP contribution is 2.28. The molecule has 0 radical (unpaired) electrons. The number of rotatable bonds is 5. The zero-order valence-electron chi connectivity index (χ0n) is 16.0. The molecule has 30 heavy (non-hydrogen) atoms. The lowest BCUT2D eigenvalue weighted by Gasteiger charge is -2.10. The molecule has 0 unspecified atom stereocenters. The molecule has 1 amide bonds. The van der Waals surface area contributed by atoms with Crippen molar-refractivity contribution in [3.63, 3.8) is 0 Å². The number of methoxy groups -OCH3 is 1.